The molecule has 4 N–H and O–H groups in total. The summed E-state index contributed by atoms with van der Waals surface area (Å²) in [4.78, 5) is 14.6. The summed E-state index contributed by atoms with van der Waals surface area (Å²) >= 11 is 5.64. The van der Waals surface area contributed by atoms with Gasteiger partial charge in [0, 0.05) is 6.20 Å². The minimum atomic E-state index is -1.14. The van der Waals surface area contributed by atoms with Crippen LogP contribution in [0.25, 0.3) is 0 Å². The van der Waals surface area contributed by atoms with Crippen molar-refractivity contribution < 1.29 is 14.3 Å². The summed E-state index contributed by atoms with van der Waals surface area (Å²) in [7, 11) is 0. The molecule has 7 heteroatoms. The number of nitrogens with one attached hydrogen (secondary N) is 1. The zero-order chi connectivity index (χ0) is 14.0. The van der Waals surface area contributed by atoms with Crippen LogP contribution in [0.2, 0.25) is 5.02 Å². The fraction of sp³-hybridized carbons (Fsp3) is 0. The van der Waals surface area contributed by atoms with Crippen molar-refractivity contribution >= 4 is 34.8 Å². The van der Waals surface area contributed by atoms with E-state index in [9.17, 15) is 9.18 Å². The average Bonchev–Trinajstić information content (AvgIpc) is 2.37. The number of hydrogen-bond acceptors (Lipinski definition) is 4. The van der Waals surface area contributed by atoms with Gasteiger partial charge >= 0.3 is 5.97 Å². The number of nitrogens with two attached hydrogens (primary N) is 1. The molecule has 1 aromatic carbocycles. The van der Waals surface area contributed by atoms with Crippen LogP contribution in [-0.2, 0) is 0 Å². The van der Waals surface area contributed by atoms with Gasteiger partial charge in [-0.25, -0.2) is 14.2 Å². The number of pyridine rings is 1. The Morgan fingerprint density at radius 3 is 2.84 bits per heavy atom. The molecule has 98 valence electrons. The van der Waals surface area contributed by atoms with E-state index in [0.717, 1.165) is 6.20 Å². The van der Waals surface area contributed by atoms with Crippen molar-refractivity contribution in [1.82, 2.24) is 4.98 Å². The Bertz CT molecular complexity index is 649. The summed E-state index contributed by atoms with van der Waals surface area (Å²) in [5, 5.41) is 11.4. The summed E-state index contributed by atoms with van der Waals surface area (Å²) in [6.45, 7) is 0. The molecule has 0 aliphatic rings. The molecular formula is C12H9ClFN3O2. The van der Waals surface area contributed by atoms with Crippen LogP contribution in [0.1, 0.15) is 10.4 Å². The molecule has 0 atom stereocenters. The second-order valence-corrected chi connectivity index (χ2v) is 4.10. The van der Waals surface area contributed by atoms with Gasteiger partial charge in [0.1, 0.15) is 0 Å². The lowest BCUT2D eigenvalue weighted by atomic mass is 10.2. The maximum absolute atomic E-state index is 13.7. The molecule has 0 fully saturated rings. The van der Waals surface area contributed by atoms with Crippen molar-refractivity contribution in [3.8, 4) is 0 Å². The summed E-state index contributed by atoms with van der Waals surface area (Å²) in [6, 6.07) is 5.68. The lowest BCUT2D eigenvalue weighted by Gasteiger charge is -2.10. The largest absolute Gasteiger partial charge is 0.478 e. The predicted octanol–water partition coefficient (Wildman–Crippen LogP) is 2.90. The third-order valence-corrected chi connectivity index (χ3v) is 2.66. The van der Waals surface area contributed by atoms with Gasteiger partial charge in [0.05, 0.1) is 22.0 Å². The SMILES string of the molecule is Nc1cc(C(=O)O)cnc1Nc1cccc(Cl)c1F. The van der Waals surface area contributed by atoms with Crippen LogP contribution in [0.5, 0.6) is 0 Å². The van der Waals surface area contributed by atoms with Gasteiger partial charge in [-0.3, -0.25) is 0 Å². The number of nitrogens with zero attached hydrogens (tertiary/aromatic N) is 1. The molecule has 0 aliphatic carbocycles. The van der Waals surface area contributed by atoms with E-state index >= 15 is 0 Å². The van der Waals surface area contributed by atoms with Gasteiger partial charge in [0.25, 0.3) is 0 Å². The first kappa shape index (κ1) is 13.1. The summed E-state index contributed by atoms with van der Waals surface area (Å²) in [6.07, 6.45) is 1.13. The molecule has 0 saturated carbocycles. The number of benzene rings is 1. The van der Waals surface area contributed by atoms with Crippen LogP contribution in [0, 0.1) is 5.82 Å². The smallest absolute Gasteiger partial charge is 0.337 e. The summed E-state index contributed by atoms with van der Waals surface area (Å²) in [5.41, 5.74) is 5.81. The van der Waals surface area contributed by atoms with E-state index < -0.39 is 11.8 Å². The van der Waals surface area contributed by atoms with E-state index in [1.54, 1.807) is 6.07 Å². The first-order valence-corrected chi connectivity index (χ1v) is 5.56. The third kappa shape index (κ3) is 2.74. The van der Waals surface area contributed by atoms with Crippen LogP contribution in [0.4, 0.5) is 21.6 Å². The highest BCUT2D eigenvalue weighted by atomic mass is 35.5. The number of aromatic carboxylic acids is 1. The molecular weight excluding hydrogens is 273 g/mol. The lowest BCUT2D eigenvalue weighted by molar-refractivity contribution is 0.0696. The standard InChI is InChI=1S/C12H9ClFN3O2/c13-7-2-1-3-9(10(7)14)17-11-8(15)4-6(5-16-11)12(18)19/h1-5H,15H2,(H,16,17)(H,18,19). The van der Waals surface area contributed by atoms with E-state index in [0.29, 0.717) is 0 Å². The van der Waals surface area contributed by atoms with Gasteiger partial charge < -0.3 is 16.2 Å². The molecule has 2 aromatic rings. The number of rotatable bonds is 3. The molecule has 0 aliphatic heterocycles. The fourth-order valence-corrected chi connectivity index (χ4v) is 1.61. The van der Waals surface area contributed by atoms with Crippen molar-refractivity contribution in [1.29, 1.82) is 0 Å². The number of anilines is 3. The van der Waals surface area contributed by atoms with E-state index in [-0.39, 0.29) is 27.8 Å². The molecule has 0 spiro atoms. The zero-order valence-corrected chi connectivity index (χ0v) is 10.3. The first-order valence-electron chi connectivity index (χ1n) is 5.19. The molecule has 1 aromatic heterocycles. The minimum absolute atomic E-state index is 0.0364. The second-order valence-electron chi connectivity index (χ2n) is 3.69. The van der Waals surface area contributed by atoms with Crippen molar-refractivity contribution in [3.63, 3.8) is 0 Å². The Labute approximate surface area is 112 Å². The third-order valence-electron chi connectivity index (χ3n) is 2.37. The van der Waals surface area contributed by atoms with Gasteiger partial charge in [-0.2, -0.15) is 0 Å². The van der Waals surface area contributed by atoms with Crippen LogP contribution >= 0.6 is 11.6 Å². The Balaban J connectivity index is 2.34. The van der Waals surface area contributed by atoms with Crippen LogP contribution in [0.15, 0.2) is 30.5 Å². The van der Waals surface area contributed by atoms with Gasteiger partial charge in [-0.1, -0.05) is 17.7 Å². The summed E-state index contributed by atoms with van der Waals surface area (Å²) in [5.74, 6) is -1.61. The maximum atomic E-state index is 13.7. The highest BCUT2D eigenvalue weighted by Gasteiger charge is 2.11. The Hall–Kier alpha value is -2.34. The highest BCUT2D eigenvalue weighted by molar-refractivity contribution is 6.31. The lowest BCUT2D eigenvalue weighted by Crippen LogP contribution is -2.04. The number of aromatic nitrogens is 1. The highest BCUT2D eigenvalue weighted by Crippen LogP contribution is 2.27. The van der Waals surface area contributed by atoms with E-state index in [2.05, 4.69) is 10.3 Å². The number of hydrogen-bond donors (Lipinski definition) is 3. The fourth-order valence-electron chi connectivity index (χ4n) is 1.43. The minimum Gasteiger partial charge on any atom is -0.478 e. The van der Waals surface area contributed by atoms with Crippen LogP contribution in [0.3, 0.4) is 0 Å². The maximum Gasteiger partial charge on any atom is 0.337 e. The number of carboxylic acid groups (broad SMARTS) is 1. The molecule has 5 nitrogen and oxygen atoms in total. The van der Waals surface area contributed by atoms with Crippen molar-refractivity contribution in [2.45, 2.75) is 0 Å². The normalized spacial score (nSPS) is 10.2. The first-order chi connectivity index (χ1) is 8.99. The monoisotopic (exact) mass is 281 g/mol. The average molecular weight is 282 g/mol. The van der Waals surface area contributed by atoms with Gasteiger partial charge in [0.2, 0.25) is 0 Å². The number of nitrogen functional groups attached to an aromatic ring is 1. The van der Waals surface area contributed by atoms with Crippen LogP contribution < -0.4 is 11.1 Å². The van der Waals surface area contributed by atoms with Gasteiger partial charge in [-0.15, -0.1) is 0 Å². The van der Waals surface area contributed by atoms with Crippen LogP contribution in [-0.4, -0.2) is 16.1 Å². The quantitative estimate of drug-likeness (QED) is 0.805. The van der Waals surface area contributed by atoms with Crippen molar-refractivity contribution in [2.75, 3.05) is 11.1 Å². The number of halogens is 2. The van der Waals surface area contributed by atoms with Gasteiger partial charge in [-0.05, 0) is 18.2 Å². The Morgan fingerprint density at radius 2 is 2.21 bits per heavy atom. The molecule has 0 saturated heterocycles. The van der Waals surface area contributed by atoms with E-state index in [1.165, 1.54) is 18.2 Å². The van der Waals surface area contributed by atoms with E-state index in [4.69, 9.17) is 22.4 Å². The molecule has 0 unspecified atom stereocenters. The van der Waals surface area contributed by atoms with Gasteiger partial charge in [0.15, 0.2) is 11.6 Å². The van der Waals surface area contributed by atoms with Crippen molar-refractivity contribution in [3.05, 3.63) is 46.9 Å². The number of carbonyl (C=O) groups is 1. The van der Waals surface area contributed by atoms with Crippen molar-refractivity contribution in [2.24, 2.45) is 0 Å². The zero-order valence-electron chi connectivity index (χ0n) is 9.52. The molecule has 2 rings (SSSR count). The topological polar surface area (TPSA) is 88.2 Å². The Kier molecular flexibility index (Phi) is 3.52. The molecule has 1 heterocycles. The molecule has 0 radical (unpaired) electrons. The molecule has 0 amide bonds. The summed E-state index contributed by atoms with van der Waals surface area (Å²) < 4.78 is 13.7. The molecule has 19 heavy (non-hydrogen) atoms. The van der Waals surface area contributed by atoms with E-state index in [1.807, 2.05) is 0 Å². The second kappa shape index (κ2) is 5.11. The predicted molar refractivity (Wildman–Crippen MR) is 70.3 cm³/mol. The molecule has 0 bridgehead atoms. The Morgan fingerprint density at radius 1 is 1.47 bits per heavy atom. The number of carboxylic acids is 1.